The second-order valence-electron chi connectivity index (χ2n) is 8.54. The Morgan fingerprint density at radius 1 is 1.12 bits per heavy atom. The Kier molecular flexibility index (Phi) is 10.4. The number of aromatic nitrogens is 1. The molecule has 0 unspecified atom stereocenters. The highest BCUT2D eigenvalue weighted by molar-refractivity contribution is 5.87. The minimum absolute atomic E-state index is 0.0209. The van der Waals surface area contributed by atoms with Gasteiger partial charge in [-0.1, -0.05) is 6.07 Å². The third kappa shape index (κ3) is 8.07. The molecule has 3 aliphatic rings. The van der Waals surface area contributed by atoms with Crippen LogP contribution in [0.15, 0.2) is 24.5 Å². The molecule has 2 amide bonds. The topological polar surface area (TPSA) is 163 Å². The van der Waals surface area contributed by atoms with Crippen LogP contribution in [0.2, 0.25) is 0 Å². The van der Waals surface area contributed by atoms with Crippen molar-refractivity contribution in [3.8, 4) is 0 Å². The van der Waals surface area contributed by atoms with Crippen molar-refractivity contribution in [2.75, 3.05) is 26.2 Å². The molecule has 188 valence electrons. The summed E-state index contributed by atoms with van der Waals surface area (Å²) in [6.07, 6.45) is 6.62. The van der Waals surface area contributed by atoms with Crippen LogP contribution in [0.5, 0.6) is 0 Å². The number of likely N-dealkylation sites (tertiary alicyclic amines) is 1. The first kappa shape index (κ1) is 27.2. The Labute approximate surface area is 198 Å². The number of carbonyl (C=O) groups excluding carboxylic acids is 2. The first-order valence-corrected chi connectivity index (χ1v) is 11.4. The lowest BCUT2D eigenvalue weighted by molar-refractivity contribution is -0.171. The molecule has 1 aromatic heterocycles. The molecule has 0 bridgehead atoms. The van der Waals surface area contributed by atoms with E-state index in [0.29, 0.717) is 25.6 Å². The predicted octanol–water partition coefficient (Wildman–Crippen LogP) is 0.892. The number of nitrogens with zero attached hydrogens (tertiary/aromatic N) is 3. The first-order valence-electron chi connectivity index (χ1n) is 11.4. The normalized spacial score (nSPS) is 22.6. The highest BCUT2D eigenvalue weighted by Gasteiger charge is 2.48. The van der Waals surface area contributed by atoms with Crippen LogP contribution in [0.25, 0.3) is 0 Å². The van der Waals surface area contributed by atoms with Crippen LogP contribution < -0.4 is 5.73 Å². The number of rotatable bonds is 4. The fourth-order valence-corrected chi connectivity index (χ4v) is 4.07. The molecule has 4 rings (SSSR count). The number of carboxylic acid groups (broad SMARTS) is 2. The first-order chi connectivity index (χ1) is 16.1. The zero-order valence-electron chi connectivity index (χ0n) is 19.6. The third-order valence-electron chi connectivity index (χ3n) is 5.73. The van der Waals surface area contributed by atoms with Gasteiger partial charge in [0, 0.05) is 45.4 Å². The van der Waals surface area contributed by atoms with E-state index in [4.69, 9.17) is 30.3 Å². The number of aliphatic carboxylic acids is 2. The summed E-state index contributed by atoms with van der Waals surface area (Å²) < 4.78 is 5.80. The van der Waals surface area contributed by atoms with Gasteiger partial charge in [-0.3, -0.25) is 24.2 Å². The molecule has 1 aliphatic carbocycles. The maximum Gasteiger partial charge on any atom is 0.300 e. The molecule has 0 radical (unpaired) electrons. The lowest BCUT2D eigenvalue weighted by Gasteiger charge is -2.43. The number of amides is 2. The van der Waals surface area contributed by atoms with E-state index in [1.165, 1.54) is 0 Å². The van der Waals surface area contributed by atoms with Gasteiger partial charge in [0.15, 0.2) is 6.10 Å². The quantitative estimate of drug-likeness (QED) is 0.570. The van der Waals surface area contributed by atoms with Crippen LogP contribution >= 0.6 is 0 Å². The number of ether oxygens (including phenoxy) is 1. The number of hydrogen-bond acceptors (Lipinski definition) is 7. The number of hydrogen-bond donors (Lipinski definition) is 3. The Morgan fingerprint density at radius 2 is 1.71 bits per heavy atom. The number of morpholine rings is 1. The van der Waals surface area contributed by atoms with Crippen molar-refractivity contribution in [1.29, 1.82) is 0 Å². The van der Waals surface area contributed by atoms with Crippen LogP contribution in [0.1, 0.15) is 51.1 Å². The summed E-state index contributed by atoms with van der Waals surface area (Å²) in [7, 11) is 0. The SMILES string of the molecule is CC(=O)O.CC(=O)O.NCC1CCN(C(=O)[C@H]2OCC(=O)N(C3CC3)[C@@H]2c2cccnc2)CC1. The summed E-state index contributed by atoms with van der Waals surface area (Å²) in [5.41, 5.74) is 6.62. The molecule has 11 nitrogen and oxygen atoms in total. The Hall–Kier alpha value is -3.05. The average molecular weight is 479 g/mol. The summed E-state index contributed by atoms with van der Waals surface area (Å²) in [5, 5.41) is 14.8. The highest BCUT2D eigenvalue weighted by atomic mass is 16.5. The molecule has 2 aliphatic heterocycles. The van der Waals surface area contributed by atoms with Gasteiger partial charge in [-0.15, -0.1) is 0 Å². The van der Waals surface area contributed by atoms with Gasteiger partial charge >= 0.3 is 0 Å². The van der Waals surface area contributed by atoms with E-state index in [0.717, 1.165) is 45.1 Å². The Morgan fingerprint density at radius 3 is 2.18 bits per heavy atom. The summed E-state index contributed by atoms with van der Waals surface area (Å²) in [6.45, 7) is 4.22. The van der Waals surface area contributed by atoms with Crippen molar-refractivity contribution < 1.29 is 34.1 Å². The van der Waals surface area contributed by atoms with Crippen LogP contribution in [-0.4, -0.2) is 87.1 Å². The molecule has 11 heteroatoms. The Balaban J connectivity index is 0.000000446. The number of piperidine rings is 1. The number of pyridine rings is 1. The van der Waals surface area contributed by atoms with E-state index >= 15 is 0 Å². The maximum atomic E-state index is 13.2. The minimum Gasteiger partial charge on any atom is -0.481 e. The van der Waals surface area contributed by atoms with Crippen molar-refractivity contribution in [1.82, 2.24) is 14.8 Å². The second-order valence-corrected chi connectivity index (χ2v) is 8.54. The summed E-state index contributed by atoms with van der Waals surface area (Å²) >= 11 is 0. The summed E-state index contributed by atoms with van der Waals surface area (Å²) in [5.74, 6) is -1.23. The third-order valence-corrected chi connectivity index (χ3v) is 5.73. The van der Waals surface area contributed by atoms with Gasteiger partial charge in [0.25, 0.3) is 17.8 Å². The average Bonchev–Trinajstić information content (AvgIpc) is 3.63. The van der Waals surface area contributed by atoms with Crippen molar-refractivity contribution in [2.45, 2.75) is 57.7 Å². The maximum absolute atomic E-state index is 13.2. The molecular weight excluding hydrogens is 444 g/mol. The van der Waals surface area contributed by atoms with Gasteiger partial charge in [-0.25, -0.2) is 0 Å². The molecular formula is C23H34N4O7. The van der Waals surface area contributed by atoms with Gasteiger partial charge in [0.2, 0.25) is 5.91 Å². The van der Waals surface area contributed by atoms with Gasteiger partial charge in [-0.2, -0.15) is 0 Å². The molecule has 0 spiro atoms. The molecule has 34 heavy (non-hydrogen) atoms. The fourth-order valence-electron chi connectivity index (χ4n) is 4.07. The van der Waals surface area contributed by atoms with Crippen LogP contribution in [0.3, 0.4) is 0 Å². The molecule has 3 heterocycles. The summed E-state index contributed by atoms with van der Waals surface area (Å²) in [4.78, 5) is 51.7. The number of carbonyl (C=O) groups is 4. The Bertz CT molecular complexity index is 819. The molecule has 2 atom stereocenters. The minimum atomic E-state index is -0.833. The van der Waals surface area contributed by atoms with Crippen molar-refractivity contribution in [2.24, 2.45) is 11.7 Å². The molecule has 3 fully saturated rings. The lowest BCUT2D eigenvalue weighted by atomic mass is 9.94. The van der Waals surface area contributed by atoms with E-state index < -0.39 is 24.1 Å². The van der Waals surface area contributed by atoms with Crippen molar-refractivity contribution >= 4 is 23.8 Å². The van der Waals surface area contributed by atoms with E-state index in [1.807, 2.05) is 21.9 Å². The largest absolute Gasteiger partial charge is 0.481 e. The zero-order valence-corrected chi connectivity index (χ0v) is 19.6. The van der Waals surface area contributed by atoms with Crippen molar-refractivity contribution in [3.63, 3.8) is 0 Å². The molecule has 1 aromatic rings. The molecule has 2 saturated heterocycles. The van der Waals surface area contributed by atoms with Gasteiger partial charge in [0.1, 0.15) is 6.61 Å². The lowest BCUT2D eigenvalue weighted by Crippen LogP contribution is -2.56. The predicted molar refractivity (Wildman–Crippen MR) is 122 cm³/mol. The monoisotopic (exact) mass is 478 g/mol. The smallest absolute Gasteiger partial charge is 0.300 e. The molecule has 0 aromatic carbocycles. The fraction of sp³-hybridized carbons (Fsp3) is 0.609. The zero-order chi connectivity index (χ0) is 25.3. The number of carboxylic acids is 2. The highest BCUT2D eigenvalue weighted by Crippen LogP contribution is 2.40. The second kappa shape index (κ2) is 13.0. The van der Waals surface area contributed by atoms with Gasteiger partial charge in [0.05, 0.1) is 6.04 Å². The standard InChI is InChI=1S/C19H26N4O3.2C2H4O2/c20-10-13-5-8-22(9-6-13)19(25)18-17(14-2-1-7-21-11-14)23(15-3-4-15)16(24)12-26-18;2*1-2(3)4/h1-2,7,11,13,15,17-18H,3-6,8-10,12,20H2;2*1H3,(H,3,4)/t17-,18+;;/m1../s1. The van der Waals surface area contributed by atoms with E-state index in [2.05, 4.69) is 4.98 Å². The van der Waals surface area contributed by atoms with Crippen LogP contribution in [0, 0.1) is 5.92 Å². The van der Waals surface area contributed by atoms with Crippen LogP contribution in [-0.2, 0) is 23.9 Å². The number of nitrogens with two attached hydrogens (primary N) is 1. The molecule has 4 N–H and O–H groups in total. The van der Waals surface area contributed by atoms with Crippen LogP contribution in [0.4, 0.5) is 0 Å². The molecule has 1 saturated carbocycles. The van der Waals surface area contributed by atoms with Gasteiger partial charge in [-0.05, 0) is 49.8 Å². The van der Waals surface area contributed by atoms with E-state index in [9.17, 15) is 9.59 Å². The van der Waals surface area contributed by atoms with E-state index in [1.54, 1.807) is 12.4 Å². The van der Waals surface area contributed by atoms with Gasteiger partial charge < -0.3 is 30.5 Å². The van der Waals surface area contributed by atoms with E-state index in [-0.39, 0.29) is 24.5 Å². The van der Waals surface area contributed by atoms with Crippen molar-refractivity contribution in [3.05, 3.63) is 30.1 Å². The summed E-state index contributed by atoms with van der Waals surface area (Å²) in [6, 6.07) is 3.59.